The van der Waals surface area contributed by atoms with Crippen LogP contribution in [0.3, 0.4) is 0 Å². The van der Waals surface area contributed by atoms with E-state index in [1.54, 1.807) is 14.1 Å². The number of aliphatic imine (C=N–C) groups is 1. The zero-order valence-corrected chi connectivity index (χ0v) is 8.06. The lowest BCUT2D eigenvalue weighted by Gasteiger charge is -2.04. The first-order valence-corrected chi connectivity index (χ1v) is 3.80. The second-order valence-electron chi connectivity index (χ2n) is 2.25. The van der Waals surface area contributed by atoms with E-state index in [1.165, 1.54) is 19.5 Å². The summed E-state index contributed by atoms with van der Waals surface area (Å²) < 4.78 is 13.1. The summed E-state index contributed by atoms with van der Waals surface area (Å²) in [5, 5.41) is 5.07. The third kappa shape index (κ3) is 3.59. The molecule has 0 radical (unpaired) electrons. The predicted octanol–water partition coefficient (Wildman–Crippen LogP) is 0.107. The zero-order valence-electron chi connectivity index (χ0n) is 8.06. The molecule has 74 valence electrons. The lowest BCUT2D eigenvalue weighted by molar-refractivity contribution is 0.568. The summed E-state index contributed by atoms with van der Waals surface area (Å²) >= 11 is 0. The van der Waals surface area contributed by atoms with Crippen molar-refractivity contribution in [3.05, 3.63) is 23.4 Å². The lowest BCUT2D eigenvalue weighted by atomic mass is 10.2. The van der Waals surface area contributed by atoms with E-state index in [0.29, 0.717) is 5.70 Å². The fourth-order valence-corrected chi connectivity index (χ4v) is 0.755. The molecule has 0 aliphatic rings. The minimum Gasteiger partial charge on any atom is -0.397 e. The maximum Gasteiger partial charge on any atom is 0.197 e. The second kappa shape index (κ2) is 6.05. The van der Waals surface area contributed by atoms with Crippen molar-refractivity contribution in [2.75, 3.05) is 21.1 Å². The van der Waals surface area contributed by atoms with Crippen LogP contribution in [0.25, 0.3) is 0 Å². The number of nitrogens with zero attached hydrogens (tertiary/aromatic N) is 1. The molecule has 0 rings (SSSR count). The number of halogens is 1. The molecule has 0 spiro atoms. The van der Waals surface area contributed by atoms with E-state index in [4.69, 9.17) is 5.73 Å². The lowest BCUT2D eigenvalue weighted by Crippen LogP contribution is -2.13. The summed E-state index contributed by atoms with van der Waals surface area (Å²) in [6.45, 7) is 0. The normalized spacial score (nSPS) is 14.3. The van der Waals surface area contributed by atoms with E-state index in [9.17, 15) is 4.39 Å². The standard InChI is InChI=1S/C8H15FN4/c1-11-4-6(8(9)13-3)7(10)5-12-2/h4-5,12-13H,10H2,1-3H3/b7-5-,8-6+,11-4?. The van der Waals surface area contributed by atoms with Crippen LogP contribution in [0.15, 0.2) is 28.4 Å². The number of nitrogens with two attached hydrogens (primary N) is 1. The van der Waals surface area contributed by atoms with Crippen LogP contribution in [0.2, 0.25) is 0 Å². The SMILES string of the molecule is CN=CC(/C(N)=C/NC)=C(/F)NC. The molecular weight excluding hydrogens is 171 g/mol. The summed E-state index contributed by atoms with van der Waals surface area (Å²) in [5.74, 6) is -0.505. The monoisotopic (exact) mass is 186 g/mol. The molecule has 4 N–H and O–H groups in total. The van der Waals surface area contributed by atoms with Crippen LogP contribution in [0.1, 0.15) is 0 Å². The zero-order chi connectivity index (χ0) is 10.3. The molecular formula is C8H15FN4. The van der Waals surface area contributed by atoms with Gasteiger partial charge in [0.1, 0.15) is 0 Å². The van der Waals surface area contributed by atoms with Gasteiger partial charge in [0, 0.05) is 33.6 Å². The molecule has 0 aromatic rings. The highest BCUT2D eigenvalue weighted by atomic mass is 19.1. The molecule has 13 heavy (non-hydrogen) atoms. The number of hydrogen-bond donors (Lipinski definition) is 3. The average molecular weight is 186 g/mol. The van der Waals surface area contributed by atoms with Crippen LogP contribution < -0.4 is 16.4 Å². The van der Waals surface area contributed by atoms with Crippen LogP contribution in [-0.4, -0.2) is 27.4 Å². The van der Waals surface area contributed by atoms with Gasteiger partial charge >= 0.3 is 0 Å². The fourth-order valence-electron chi connectivity index (χ4n) is 0.755. The van der Waals surface area contributed by atoms with Gasteiger partial charge in [-0.15, -0.1) is 0 Å². The first-order valence-electron chi connectivity index (χ1n) is 3.80. The van der Waals surface area contributed by atoms with Gasteiger partial charge in [0.05, 0.1) is 11.3 Å². The molecule has 0 aromatic heterocycles. The van der Waals surface area contributed by atoms with Crippen molar-refractivity contribution in [1.29, 1.82) is 0 Å². The van der Waals surface area contributed by atoms with Crippen molar-refractivity contribution < 1.29 is 4.39 Å². The second-order valence-corrected chi connectivity index (χ2v) is 2.25. The largest absolute Gasteiger partial charge is 0.397 e. The minimum atomic E-state index is -0.505. The highest BCUT2D eigenvalue weighted by Gasteiger charge is 2.04. The Morgan fingerprint density at radius 3 is 2.46 bits per heavy atom. The molecule has 0 aliphatic carbocycles. The van der Waals surface area contributed by atoms with Crippen LogP contribution >= 0.6 is 0 Å². The Morgan fingerprint density at radius 1 is 1.46 bits per heavy atom. The summed E-state index contributed by atoms with van der Waals surface area (Å²) in [6, 6.07) is 0. The molecule has 5 heteroatoms. The smallest absolute Gasteiger partial charge is 0.197 e. The van der Waals surface area contributed by atoms with E-state index < -0.39 is 5.95 Å². The molecule has 0 aromatic carbocycles. The maximum absolute atomic E-state index is 13.1. The van der Waals surface area contributed by atoms with Gasteiger partial charge in [-0.1, -0.05) is 0 Å². The first kappa shape index (κ1) is 11.5. The number of nitrogens with one attached hydrogen (secondary N) is 2. The third-order valence-corrected chi connectivity index (χ3v) is 1.33. The molecule has 0 amide bonds. The van der Waals surface area contributed by atoms with Crippen molar-refractivity contribution in [1.82, 2.24) is 10.6 Å². The molecule has 4 nitrogen and oxygen atoms in total. The Balaban J connectivity index is 4.92. The van der Waals surface area contributed by atoms with E-state index >= 15 is 0 Å². The molecule has 0 aliphatic heterocycles. The highest BCUT2D eigenvalue weighted by molar-refractivity contribution is 5.84. The maximum atomic E-state index is 13.1. The molecule has 0 fully saturated rings. The summed E-state index contributed by atoms with van der Waals surface area (Å²) in [5.41, 5.74) is 6.09. The topological polar surface area (TPSA) is 62.4 Å². The first-order chi connectivity index (χ1) is 6.17. The van der Waals surface area contributed by atoms with Gasteiger partial charge in [-0.25, -0.2) is 0 Å². The van der Waals surface area contributed by atoms with Gasteiger partial charge in [0.15, 0.2) is 5.95 Å². The van der Waals surface area contributed by atoms with E-state index in [0.717, 1.165) is 0 Å². The van der Waals surface area contributed by atoms with Crippen molar-refractivity contribution >= 4 is 6.21 Å². The highest BCUT2D eigenvalue weighted by Crippen LogP contribution is 2.06. The fraction of sp³-hybridized carbons (Fsp3) is 0.375. The van der Waals surface area contributed by atoms with Crippen LogP contribution in [0, 0.1) is 0 Å². The van der Waals surface area contributed by atoms with Crippen molar-refractivity contribution in [3.63, 3.8) is 0 Å². The summed E-state index contributed by atoms with van der Waals surface area (Å²) in [6.07, 6.45) is 2.85. The molecule has 0 saturated carbocycles. The third-order valence-electron chi connectivity index (χ3n) is 1.33. The van der Waals surface area contributed by atoms with Crippen molar-refractivity contribution in [3.8, 4) is 0 Å². The van der Waals surface area contributed by atoms with Gasteiger partial charge in [-0.3, -0.25) is 4.99 Å². The quantitative estimate of drug-likeness (QED) is 0.332. The van der Waals surface area contributed by atoms with E-state index in [1.807, 2.05) is 0 Å². The molecule has 0 heterocycles. The molecule has 0 bridgehead atoms. The molecule has 0 unspecified atom stereocenters. The van der Waals surface area contributed by atoms with Gasteiger partial charge < -0.3 is 16.4 Å². The van der Waals surface area contributed by atoms with Gasteiger partial charge in [-0.2, -0.15) is 4.39 Å². The Hall–Kier alpha value is -1.52. The van der Waals surface area contributed by atoms with Crippen LogP contribution in [-0.2, 0) is 0 Å². The number of hydrogen-bond acceptors (Lipinski definition) is 4. The van der Waals surface area contributed by atoms with Gasteiger partial charge in [0.25, 0.3) is 0 Å². The molecule has 0 atom stereocenters. The van der Waals surface area contributed by atoms with Crippen molar-refractivity contribution in [2.24, 2.45) is 10.7 Å². The van der Waals surface area contributed by atoms with Gasteiger partial charge in [0.2, 0.25) is 0 Å². The van der Waals surface area contributed by atoms with Crippen LogP contribution in [0.5, 0.6) is 0 Å². The van der Waals surface area contributed by atoms with E-state index in [-0.39, 0.29) is 5.57 Å². The van der Waals surface area contributed by atoms with Crippen LogP contribution in [0.4, 0.5) is 4.39 Å². The van der Waals surface area contributed by atoms with Crippen molar-refractivity contribution in [2.45, 2.75) is 0 Å². The van der Waals surface area contributed by atoms with Gasteiger partial charge in [-0.05, 0) is 0 Å². The number of allylic oxidation sites excluding steroid dienone is 1. The Bertz CT molecular complexity index is 243. The minimum absolute atomic E-state index is 0.236. The summed E-state index contributed by atoms with van der Waals surface area (Å²) in [7, 11) is 4.71. The molecule has 0 saturated heterocycles. The van der Waals surface area contributed by atoms with E-state index in [2.05, 4.69) is 15.6 Å². The average Bonchev–Trinajstić information content (AvgIpc) is 2.13. The predicted molar refractivity (Wildman–Crippen MR) is 52.9 cm³/mol. The number of rotatable bonds is 4. The Morgan fingerprint density at radius 2 is 2.08 bits per heavy atom. The Labute approximate surface area is 77.4 Å². The Kier molecular flexibility index (Phi) is 5.34. The summed E-state index contributed by atoms with van der Waals surface area (Å²) in [4.78, 5) is 3.70.